The van der Waals surface area contributed by atoms with E-state index in [0.717, 1.165) is 5.56 Å². The van der Waals surface area contributed by atoms with E-state index in [9.17, 15) is 9.18 Å². The van der Waals surface area contributed by atoms with Crippen LogP contribution in [-0.4, -0.2) is 5.91 Å². The average molecular weight is 323 g/mol. The van der Waals surface area contributed by atoms with E-state index in [1.165, 1.54) is 6.07 Å². The number of nitrogens with two attached hydrogens (primary N) is 1. The molecule has 1 amide bonds. The van der Waals surface area contributed by atoms with Gasteiger partial charge in [0.25, 0.3) is 0 Å². The molecule has 0 atom stereocenters. The van der Waals surface area contributed by atoms with Gasteiger partial charge in [-0.1, -0.05) is 18.2 Å². The third-order valence-electron chi connectivity index (χ3n) is 2.69. The van der Waals surface area contributed by atoms with E-state index in [2.05, 4.69) is 21.2 Å². The van der Waals surface area contributed by atoms with Crippen LogP contribution in [-0.2, 0) is 6.54 Å². The van der Waals surface area contributed by atoms with Crippen LogP contribution < -0.4 is 11.1 Å². The summed E-state index contributed by atoms with van der Waals surface area (Å²) < 4.78 is 13.8. The Morgan fingerprint density at radius 3 is 2.68 bits per heavy atom. The quantitative estimate of drug-likeness (QED) is 0.907. The van der Waals surface area contributed by atoms with E-state index in [-0.39, 0.29) is 5.82 Å². The summed E-state index contributed by atoms with van der Waals surface area (Å²) in [7, 11) is 0. The molecule has 3 N–H and O–H groups in total. The summed E-state index contributed by atoms with van der Waals surface area (Å²) in [5.41, 5.74) is 7.18. The molecule has 0 radical (unpaired) electrons. The molecule has 5 heteroatoms. The number of amides is 1. The summed E-state index contributed by atoms with van der Waals surface area (Å²) in [6, 6.07) is 11.8. The molecule has 0 saturated heterocycles. The third-order valence-corrected chi connectivity index (χ3v) is 3.33. The number of hydrogen-bond acceptors (Lipinski definition) is 2. The van der Waals surface area contributed by atoms with E-state index < -0.39 is 5.91 Å². The number of anilines is 1. The summed E-state index contributed by atoms with van der Waals surface area (Å²) in [6.45, 7) is 0.403. The van der Waals surface area contributed by atoms with Gasteiger partial charge in [0.15, 0.2) is 0 Å². The molecule has 2 aromatic carbocycles. The van der Waals surface area contributed by atoms with Crippen molar-refractivity contribution in [3.8, 4) is 0 Å². The fourth-order valence-corrected chi connectivity index (χ4v) is 1.96. The van der Waals surface area contributed by atoms with Gasteiger partial charge in [-0.25, -0.2) is 4.39 Å². The minimum atomic E-state index is -0.473. The fraction of sp³-hybridized carbons (Fsp3) is 0.0714. The molecule has 0 spiro atoms. The topological polar surface area (TPSA) is 55.1 Å². The Morgan fingerprint density at radius 1 is 1.26 bits per heavy atom. The first-order chi connectivity index (χ1) is 9.08. The number of halogens is 2. The van der Waals surface area contributed by atoms with Crippen LogP contribution in [0.25, 0.3) is 0 Å². The summed E-state index contributed by atoms with van der Waals surface area (Å²) >= 11 is 3.09. The van der Waals surface area contributed by atoms with Gasteiger partial charge in [-0.3, -0.25) is 4.79 Å². The third kappa shape index (κ3) is 3.32. The maximum atomic E-state index is 13.4. The first-order valence-corrected chi connectivity index (χ1v) is 6.44. The molecule has 2 aromatic rings. The van der Waals surface area contributed by atoms with Crippen LogP contribution in [0.2, 0.25) is 0 Å². The van der Waals surface area contributed by atoms with Crippen LogP contribution in [0.15, 0.2) is 46.9 Å². The molecule has 98 valence electrons. The smallest absolute Gasteiger partial charge is 0.249 e. The molecule has 0 unspecified atom stereocenters. The average Bonchev–Trinajstić information content (AvgIpc) is 2.40. The molecular weight excluding hydrogens is 311 g/mol. The highest BCUT2D eigenvalue weighted by Gasteiger charge is 2.07. The van der Waals surface area contributed by atoms with Crippen molar-refractivity contribution >= 4 is 27.5 Å². The second-order valence-corrected chi connectivity index (χ2v) is 4.86. The lowest BCUT2D eigenvalue weighted by Gasteiger charge is -2.10. The van der Waals surface area contributed by atoms with Gasteiger partial charge in [-0.05, 0) is 45.8 Å². The zero-order valence-electron chi connectivity index (χ0n) is 9.99. The van der Waals surface area contributed by atoms with Crippen molar-refractivity contribution in [3.05, 3.63) is 63.9 Å². The van der Waals surface area contributed by atoms with Gasteiger partial charge in [0.1, 0.15) is 5.82 Å². The standard InChI is InChI=1S/C14H12BrFN2O/c15-12-6-5-10(7-13(12)16)18-8-9-3-1-2-4-11(9)14(17)19/h1-7,18H,8H2,(H2,17,19). The SMILES string of the molecule is NC(=O)c1ccccc1CNc1ccc(Br)c(F)c1. The second kappa shape index (κ2) is 5.84. The Hall–Kier alpha value is -1.88. The first-order valence-electron chi connectivity index (χ1n) is 5.64. The van der Waals surface area contributed by atoms with Crippen molar-refractivity contribution in [2.75, 3.05) is 5.32 Å². The van der Waals surface area contributed by atoms with Crippen LogP contribution in [0.5, 0.6) is 0 Å². The van der Waals surface area contributed by atoms with Gasteiger partial charge < -0.3 is 11.1 Å². The van der Waals surface area contributed by atoms with Crippen LogP contribution in [0, 0.1) is 5.82 Å². The summed E-state index contributed by atoms with van der Waals surface area (Å²) in [4.78, 5) is 11.3. The van der Waals surface area contributed by atoms with E-state index in [1.54, 1.807) is 24.3 Å². The Morgan fingerprint density at radius 2 is 2.00 bits per heavy atom. The van der Waals surface area contributed by atoms with E-state index in [0.29, 0.717) is 22.3 Å². The monoisotopic (exact) mass is 322 g/mol. The molecule has 2 rings (SSSR count). The Balaban J connectivity index is 2.14. The number of carbonyl (C=O) groups excluding carboxylic acids is 1. The van der Waals surface area contributed by atoms with Crippen molar-refractivity contribution in [2.45, 2.75) is 6.54 Å². The normalized spacial score (nSPS) is 10.2. The molecule has 0 fully saturated rings. The molecule has 0 aliphatic carbocycles. The number of primary amides is 1. The van der Waals surface area contributed by atoms with Gasteiger partial charge in [0, 0.05) is 17.8 Å². The predicted molar refractivity (Wildman–Crippen MR) is 76.4 cm³/mol. The molecule has 3 nitrogen and oxygen atoms in total. The number of nitrogens with one attached hydrogen (secondary N) is 1. The number of benzene rings is 2. The van der Waals surface area contributed by atoms with Crippen LogP contribution >= 0.6 is 15.9 Å². The van der Waals surface area contributed by atoms with Crippen LogP contribution in [0.1, 0.15) is 15.9 Å². The van der Waals surface area contributed by atoms with E-state index in [1.807, 2.05) is 12.1 Å². The maximum Gasteiger partial charge on any atom is 0.249 e. The molecular formula is C14H12BrFN2O. The molecule has 0 saturated carbocycles. The van der Waals surface area contributed by atoms with E-state index >= 15 is 0 Å². The minimum absolute atomic E-state index is 0.340. The Bertz CT molecular complexity index is 616. The second-order valence-electron chi connectivity index (χ2n) is 4.00. The van der Waals surface area contributed by atoms with Crippen molar-refractivity contribution in [2.24, 2.45) is 5.73 Å². The van der Waals surface area contributed by atoms with Crippen molar-refractivity contribution in [1.29, 1.82) is 0 Å². The minimum Gasteiger partial charge on any atom is -0.381 e. The Labute approximate surface area is 118 Å². The lowest BCUT2D eigenvalue weighted by Crippen LogP contribution is -2.15. The zero-order chi connectivity index (χ0) is 13.8. The summed E-state index contributed by atoms with van der Waals surface area (Å²) in [5, 5.41) is 3.06. The van der Waals surface area contributed by atoms with Gasteiger partial charge >= 0.3 is 0 Å². The van der Waals surface area contributed by atoms with Gasteiger partial charge in [-0.2, -0.15) is 0 Å². The lowest BCUT2D eigenvalue weighted by atomic mass is 10.1. The summed E-state index contributed by atoms with van der Waals surface area (Å²) in [5.74, 6) is -0.812. The molecule has 0 aliphatic rings. The van der Waals surface area contributed by atoms with Crippen LogP contribution in [0.3, 0.4) is 0 Å². The lowest BCUT2D eigenvalue weighted by molar-refractivity contribution is 0.0999. The number of hydrogen-bond donors (Lipinski definition) is 2. The highest BCUT2D eigenvalue weighted by molar-refractivity contribution is 9.10. The molecule has 0 bridgehead atoms. The highest BCUT2D eigenvalue weighted by Crippen LogP contribution is 2.20. The summed E-state index contributed by atoms with van der Waals surface area (Å²) in [6.07, 6.45) is 0. The molecule has 0 heterocycles. The first kappa shape index (κ1) is 13.5. The number of rotatable bonds is 4. The van der Waals surface area contributed by atoms with E-state index in [4.69, 9.17) is 5.73 Å². The fourth-order valence-electron chi connectivity index (χ4n) is 1.72. The molecule has 0 aromatic heterocycles. The zero-order valence-corrected chi connectivity index (χ0v) is 11.6. The highest BCUT2D eigenvalue weighted by atomic mass is 79.9. The van der Waals surface area contributed by atoms with Crippen molar-refractivity contribution in [3.63, 3.8) is 0 Å². The van der Waals surface area contributed by atoms with Crippen LogP contribution in [0.4, 0.5) is 10.1 Å². The van der Waals surface area contributed by atoms with Crippen molar-refractivity contribution < 1.29 is 9.18 Å². The molecule has 0 aliphatic heterocycles. The van der Waals surface area contributed by atoms with Gasteiger partial charge in [0.2, 0.25) is 5.91 Å². The largest absolute Gasteiger partial charge is 0.381 e. The van der Waals surface area contributed by atoms with Gasteiger partial charge in [0.05, 0.1) is 4.47 Å². The predicted octanol–water partition coefficient (Wildman–Crippen LogP) is 3.30. The maximum absolute atomic E-state index is 13.4. The van der Waals surface area contributed by atoms with Gasteiger partial charge in [-0.15, -0.1) is 0 Å². The van der Waals surface area contributed by atoms with Crippen molar-refractivity contribution in [1.82, 2.24) is 0 Å². The Kier molecular flexibility index (Phi) is 4.16. The number of carbonyl (C=O) groups is 1. The molecule has 19 heavy (non-hydrogen) atoms.